The molecular weight excluding hydrogens is 398 g/mol. The lowest BCUT2D eigenvalue weighted by molar-refractivity contribution is 0.318. The van der Waals surface area contributed by atoms with Crippen LogP contribution in [0.1, 0.15) is 12.1 Å². The van der Waals surface area contributed by atoms with E-state index in [-0.39, 0.29) is 5.75 Å². The molecule has 1 aromatic heterocycles. The number of halogens is 1. The molecule has 0 spiro atoms. The molecule has 0 atom stereocenters. The van der Waals surface area contributed by atoms with Crippen LogP contribution in [0.2, 0.25) is 5.02 Å². The SMILES string of the molecule is Oc1cccc(N2CCN(C(=S)N/N=C3/CCOc4cc(Cl)cnc43)CC2)c1. The van der Waals surface area contributed by atoms with Gasteiger partial charge >= 0.3 is 0 Å². The number of hydrogen-bond donors (Lipinski definition) is 2. The van der Waals surface area contributed by atoms with Gasteiger partial charge in [0.05, 0.1) is 17.3 Å². The third-order valence-electron chi connectivity index (χ3n) is 4.74. The van der Waals surface area contributed by atoms with Crippen LogP contribution in [0.15, 0.2) is 41.6 Å². The van der Waals surface area contributed by atoms with Crippen LogP contribution in [0.25, 0.3) is 0 Å². The van der Waals surface area contributed by atoms with E-state index in [1.54, 1.807) is 24.4 Å². The van der Waals surface area contributed by atoms with Crippen molar-refractivity contribution in [1.82, 2.24) is 15.3 Å². The van der Waals surface area contributed by atoms with E-state index >= 15 is 0 Å². The predicted octanol–water partition coefficient (Wildman–Crippen LogP) is 2.62. The minimum atomic E-state index is 0.277. The molecule has 2 aromatic rings. The maximum absolute atomic E-state index is 9.66. The van der Waals surface area contributed by atoms with Crippen molar-refractivity contribution in [1.29, 1.82) is 0 Å². The molecule has 146 valence electrons. The van der Waals surface area contributed by atoms with Crippen molar-refractivity contribution >= 4 is 40.3 Å². The predicted molar refractivity (Wildman–Crippen MR) is 114 cm³/mol. The van der Waals surface area contributed by atoms with Crippen LogP contribution in [0.5, 0.6) is 11.5 Å². The van der Waals surface area contributed by atoms with Crippen LogP contribution in [0.4, 0.5) is 5.69 Å². The average Bonchev–Trinajstić information content (AvgIpc) is 2.72. The Morgan fingerprint density at radius 1 is 1.25 bits per heavy atom. The molecule has 7 nitrogen and oxygen atoms in total. The fourth-order valence-corrected chi connectivity index (χ4v) is 3.65. The lowest BCUT2D eigenvalue weighted by Gasteiger charge is -2.37. The Hall–Kier alpha value is -2.58. The summed E-state index contributed by atoms with van der Waals surface area (Å²) >= 11 is 11.5. The Bertz CT molecular complexity index is 915. The Labute approximate surface area is 173 Å². The molecule has 0 saturated carbocycles. The van der Waals surface area contributed by atoms with E-state index in [9.17, 15) is 5.11 Å². The molecule has 3 heterocycles. The lowest BCUT2D eigenvalue weighted by Crippen LogP contribution is -2.51. The minimum absolute atomic E-state index is 0.277. The summed E-state index contributed by atoms with van der Waals surface area (Å²) in [6, 6.07) is 9.05. The quantitative estimate of drug-likeness (QED) is 0.574. The number of piperazine rings is 1. The number of pyridine rings is 1. The molecule has 2 aliphatic rings. The number of rotatable bonds is 2. The highest BCUT2D eigenvalue weighted by molar-refractivity contribution is 7.80. The molecule has 0 amide bonds. The first-order valence-electron chi connectivity index (χ1n) is 9.04. The van der Waals surface area contributed by atoms with Crippen molar-refractivity contribution < 1.29 is 9.84 Å². The van der Waals surface area contributed by atoms with Crippen LogP contribution >= 0.6 is 23.8 Å². The number of hydrazone groups is 1. The minimum Gasteiger partial charge on any atom is -0.508 e. The highest BCUT2D eigenvalue weighted by Gasteiger charge is 2.21. The molecular formula is C19H20ClN5O2S. The van der Waals surface area contributed by atoms with E-state index in [4.69, 9.17) is 28.6 Å². The number of hydrogen-bond acceptors (Lipinski definition) is 6. The van der Waals surface area contributed by atoms with Gasteiger partial charge in [-0.25, -0.2) is 4.98 Å². The Balaban J connectivity index is 1.36. The van der Waals surface area contributed by atoms with E-state index in [2.05, 4.69) is 25.3 Å². The molecule has 0 bridgehead atoms. The molecule has 2 aliphatic heterocycles. The van der Waals surface area contributed by atoms with Crippen molar-refractivity contribution in [3.8, 4) is 11.5 Å². The summed E-state index contributed by atoms with van der Waals surface area (Å²) < 4.78 is 5.60. The van der Waals surface area contributed by atoms with Gasteiger partial charge in [0.1, 0.15) is 17.2 Å². The highest BCUT2D eigenvalue weighted by Crippen LogP contribution is 2.26. The van der Waals surface area contributed by atoms with E-state index < -0.39 is 0 Å². The van der Waals surface area contributed by atoms with Gasteiger partial charge in [0.15, 0.2) is 5.11 Å². The molecule has 1 saturated heterocycles. The summed E-state index contributed by atoms with van der Waals surface area (Å²) in [5.74, 6) is 0.921. The number of phenols is 1. The number of aromatic nitrogens is 1. The summed E-state index contributed by atoms with van der Waals surface area (Å²) in [6.45, 7) is 3.72. The number of fused-ring (bicyclic) bond motifs is 1. The normalized spacial score (nSPS) is 17.8. The van der Waals surface area contributed by atoms with Gasteiger partial charge in [-0.15, -0.1) is 0 Å². The fourth-order valence-electron chi connectivity index (χ4n) is 3.28. The van der Waals surface area contributed by atoms with Crippen molar-refractivity contribution in [2.24, 2.45) is 5.10 Å². The number of phenolic OH excluding ortho intramolecular Hbond substituents is 1. The van der Waals surface area contributed by atoms with Gasteiger partial charge < -0.3 is 19.6 Å². The fraction of sp³-hybridized carbons (Fsp3) is 0.316. The monoisotopic (exact) mass is 417 g/mol. The average molecular weight is 418 g/mol. The molecule has 1 aromatic carbocycles. The molecule has 9 heteroatoms. The van der Waals surface area contributed by atoms with E-state index in [0.29, 0.717) is 34.6 Å². The maximum atomic E-state index is 9.66. The number of anilines is 1. The Morgan fingerprint density at radius 3 is 2.86 bits per heavy atom. The van der Waals surface area contributed by atoms with Gasteiger partial charge in [0.25, 0.3) is 0 Å². The molecule has 0 unspecified atom stereocenters. The largest absolute Gasteiger partial charge is 0.508 e. The van der Waals surface area contributed by atoms with Crippen molar-refractivity contribution in [2.75, 3.05) is 37.7 Å². The lowest BCUT2D eigenvalue weighted by atomic mass is 10.1. The Morgan fingerprint density at radius 2 is 2.07 bits per heavy atom. The van der Waals surface area contributed by atoms with Crippen molar-refractivity contribution in [3.63, 3.8) is 0 Å². The highest BCUT2D eigenvalue weighted by atomic mass is 35.5. The van der Waals surface area contributed by atoms with Gasteiger partial charge in [-0.3, -0.25) is 5.43 Å². The molecule has 4 rings (SSSR count). The first kappa shape index (κ1) is 18.8. The zero-order valence-electron chi connectivity index (χ0n) is 15.1. The van der Waals surface area contributed by atoms with Crippen LogP contribution < -0.4 is 15.1 Å². The number of thiocarbonyl (C=S) groups is 1. The smallest absolute Gasteiger partial charge is 0.189 e. The molecule has 1 fully saturated rings. The van der Waals surface area contributed by atoms with Gasteiger partial charge in [-0.2, -0.15) is 5.10 Å². The van der Waals surface area contributed by atoms with E-state index in [0.717, 1.165) is 37.6 Å². The summed E-state index contributed by atoms with van der Waals surface area (Å²) in [4.78, 5) is 8.65. The number of benzene rings is 1. The van der Waals surface area contributed by atoms with Crippen molar-refractivity contribution in [3.05, 3.63) is 47.2 Å². The third kappa shape index (κ3) is 4.13. The first-order chi connectivity index (χ1) is 13.6. The van der Waals surface area contributed by atoms with E-state index in [1.807, 2.05) is 12.1 Å². The molecule has 0 radical (unpaired) electrons. The first-order valence-corrected chi connectivity index (χ1v) is 9.83. The van der Waals surface area contributed by atoms with Crippen LogP contribution in [-0.2, 0) is 0 Å². The van der Waals surface area contributed by atoms with Crippen LogP contribution in [0.3, 0.4) is 0 Å². The van der Waals surface area contributed by atoms with Crippen LogP contribution in [-0.4, -0.2) is 58.6 Å². The second-order valence-electron chi connectivity index (χ2n) is 6.57. The maximum Gasteiger partial charge on any atom is 0.189 e. The van der Waals surface area contributed by atoms with Gasteiger partial charge in [-0.05, 0) is 24.4 Å². The molecule has 0 aliphatic carbocycles. The number of ether oxygens (including phenoxy) is 1. The van der Waals surface area contributed by atoms with Crippen molar-refractivity contribution in [2.45, 2.75) is 6.42 Å². The number of aromatic hydroxyl groups is 1. The number of nitrogens with zero attached hydrogens (tertiary/aromatic N) is 4. The summed E-state index contributed by atoms with van der Waals surface area (Å²) in [7, 11) is 0. The number of nitrogens with one attached hydrogen (secondary N) is 1. The zero-order valence-corrected chi connectivity index (χ0v) is 16.7. The topological polar surface area (TPSA) is 73.2 Å². The Kier molecular flexibility index (Phi) is 5.50. The summed E-state index contributed by atoms with van der Waals surface area (Å²) in [6.07, 6.45) is 2.24. The molecule has 28 heavy (non-hydrogen) atoms. The van der Waals surface area contributed by atoms with E-state index in [1.165, 1.54) is 0 Å². The van der Waals surface area contributed by atoms with Gasteiger partial charge in [-0.1, -0.05) is 17.7 Å². The second kappa shape index (κ2) is 8.20. The zero-order chi connectivity index (χ0) is 19.5. The molecule has 2 N–H and O–H groups in total. The second-order valence-corrected chi connectivity index (χ2v) is 7.39. The van der Waals surface area contributed by atoms with Gasteiger partial charge in [0, 0.05) is 56.6 Å². The van der Waals surface area contributed by atoms with Gasteiger partial charge in [0.2, 0.25) is 0 Å². The third-order valence-corrected chi connectivity index (χ3v) is 5.29. The summed E-state index contributed by atoms with van der Waals surface area (Å²) in [5, 5.41) is 15.3. The van der Waals surface area contributed by atoms with Crippen LogP contribution in [0, 0.1) is 0 Å². The summed E-state index contributed by atoms with van der Waals surface area (Å²) in [5.41, 5.74) is 5.51. The standard InChI is InChI=1S/C19H20ClN5O2S/c20-13-10-17-18(21-12-13)16(4-9-27-17)22-23-19(28)25-7-5-24(6-8-25)14-2-1-3-15(26)11-14/h1-3,10-12,26H,4-9H2,(H,23,28)/b22-16-.